The Bertz CT molecular complexity index is 408. The molecule has 0 saturated heterocycles. The minimum Gasteiger partial charge on any atom is -0.444 e. The van der Waals surface area contributed by atoms with Gasteiger partial charge in [-0.25, -0.2) is 4.79 Å². The van der Waals surface area contributed by atoms with Crippen LogP contribution in [0.25, 0.3) is 0 Å². The number of amides is 1. The summed E-state index contributed by atoms with van der Waals surface area (Å²) in [5.41, 5.74) is -0.417. The van der Waals surface area contributed by atoms with E-state index in [2.05, 4.69) is 16.0 Å². The van der Waals surface area contributed by atoms with E-state index in [0.717, 1.165) is 38.0 Å². The van der Waals surface area contributed by atoms with E-state index >= 15 is 0 Å². The van der Waals surface area contributed by atoms with E-state index in [4.69, 9.17) is 4.74 Å². The summed E-state index contributed by atoms with van der Waals surface area (Å²) in [5.74, 6) is 0.742. The molecule has 0 aromatic carbocycles. The molecule has 2 rings (SSSR count). The van der Waals surface area contributed by atoms with Crippen LogP contribution >= 0.6 is 0 Å². The highest BCUT2D eigenvalue weighted by atomic mass is 16.6. The maximum absolute atomic E-state index is 11.7. The number of carbonyl (C=O) groups excluding carboxylic acids is 1. The van der Waals surface area contributed by atoms with Crippen LogP contribution in [0.4, 0.5) is 4.79 Å². The van der Waals surface area contributed by atoms with Crippen LogP contribution < -0.4 is 16.0 Å². The summed E-state index contributed by atoms with van der Waals surface area (Å²) in [6, 6.07) is 1.47. The van der Waals surface area contributed by atoms with Gasteiger partial charge >= 0.3 is 6.09 Å². The minimum atomic E-state index is -0.417. The Labute approximate surface area is 166 Å². The molecule has 2 aliphatic carbocycles. The summed E-state index contributed by atoms with van der Waals surface area (Å²) in [7, 11) is 0. The highest BCUT2D eigenvalue weighted by Crippen LogP contribution is 2.26. The molecule has 0 aromatic rings. The van der Waals surface area contributed by atoms with Crippen LogP contribution in [0.15, 0.2) is 0 Å². The second-order valence-electron chi connectivity index (χ2n) is 9.53. The van der Waals surface area contributed by atoms with Crippen LogP contribution in [-0.2, 0) is 4.74 Å². The molecule has 5 heteroatoms. The van der Waals surface area contributed by atoms with E-state index in [9.17, 15) is 4.79 Å². The van der Waals surface area contributed by atoms with Crippen LogP contribution in [0, 0.1) is 5.92 Å². The zero-order valence-electron chi connectivity index (χ0n) is 17.9. The van der Waals surface area contributed by atoms with E-state index in [1.807, 2.05) is 20.8 Å². The normalized spacial score (nSPS) is 24.6. The van der Waals surface area contributed by atoms with Crippen LogP contribution in [0.2, 0.25) is 0 Å². The maximum atomic E-state index is 11.7. The smallest absolute Gasteiger partial charge is 0.407 e. The third-order valence-corrected chi connectivity index (χ3v) is 5.89. The topological polar surface area (TPSA) is 62.4 Å². The number of hydrogen-bond acceptors (Lipinski definition) is 4. The van der Waals surface area contributed by atoms with Gasteiger partial charge in [-0.2, -0.15) is 0 Å². The van der Waals surface area contributed by atoms with Crippen molar-refractivity contribution in [3.05, 3.63) is 0 Å². The fourth-order valence-electron chi connectivity index (χ4n) is 4.36. The molecule has 0 aliphatic heterocycles. The first-order valence-electron chi connectivity index (χ1n) is 11.4. The van der Waals surface area contributed by atoms with E-state index in [-0.39, 0.29) is 6.09 Å². The Kier molecular flexibility index (Phi) is 9.91. The fraction of sp³-hybridized carbons (Fsp3) is 0.955. The van der Waals surface area contributed by atoms with Gasteiger partial charge < -0.3 is 20.7 Å². The number of alkyl carbamates (subject to hydrolysis) is 1. The number of ether oxygens (including phenoxy) is 1. The minimum absolute atomic E-state index is 0.292. The summed E-state index contributed by atoms with van der Waals surface area (Å²) in [6.07, 6.45) is 14.1. The Hall–Kier alpha value is -0.810. The van der Waals surface area contributed by atoms with Gasteiger partial charge in [0.2, 0.25) is 0 Å². The lowest BCUT2D eigenvalue weighted by Crippen LogP contribution is -2.37. The van der Waals surface area contributed by atoms with Gasteiger partial charge in [-0.15, -0.1) is 0 Å². The van der Waals surface area contributed by atoms with Gasteiger partial charge in [0.25, 0.3) is 0 Å². The molecule has 2 fully saturated rings. The third-order valence-electron chi connectivity index (χ3n) is 5.89. The number of carbonyl (C=O) groups is 1. The second kappa shape index (κ2) is 11.9. The Morgan fingerprint density at radius 3 is 2.04 bits per heavy atom. The molecule has 0 heterocycles. The van der Waals surface area contributed by atoms with Crippen molar-refractivity contribution in [2.45, 2.75) is 109 Å². The Balaban J connectivity index is 1.44. The molecule has 27 heavy (non-hydrogen) atoms. The number of hydrogen-bond donors (Lipinski definition) is 3. The van der Waals surface area contributed by atoms with Gasteiger partial charge in [-0.1, -0.05) is 19.3 Å². The van der Waals surface area contributed by atoms with Crippen molar-refractivity contribution in [1.29, 1.82) is 0 Å². The molecular weight excluding hydrogens is 338 g/mol. The van der Waals surface area contributed by atoms with Crippen molar-refractivity contribution in [3.63, 3.8) is 0 Å². The van der Waals surface area contributed by atoms with Crippen LogP contribution in [-0.4, -0.2) is 43.4 Å². The average Bonchev–Trinajstić information content (AvgIpc) is 2.62. The highest BCUT2D eigenvalue weighted by molar-refractivity contribution is 5.67. The molecule has 5 nitrogen and oxygen atoms in total. The largest absolute Gasteiger partial charge is 0.444 e. The summed E-state index contributed by atoms with van der Waals surface area (Å²) < 4.78 is 5.28. The molecule has 2 aliphatic rings. The zero-order chi connectivity index (χ0) is 19.5. The van der Waals surface area contributed by atoms with Crippen molar-refractivity contribution >= 4 is 6.09 Å². The fourth-order valence-corrected chi connectivity index (χ4v) is 4.36. The molecule has 2 saturated carbocycles. The molecule has 3 N–H and O–H groups in total. The lowest BCUT2D eigenvalue weighted by atomic mass is 9.84. The Morgan fingerprint density at radius 1 is 0.852 bits per heavy atom. The van der Waals surface area contributed by atoms with E-state index in [1.165, 1.54) is 64.2 Å². The van der Waals surface area contributed by atoms with Crippen molar-refractivity contribution < 1.29 is 9.53 Å². The quantitative estimate of drug-likeness (QED) is 0.519. The first-order valence-corrected chi connectivity index (χ1v) is 11.4. The van der Waals surface area contributed by atoms with Crippen molar-refractivity contribution in [1.82, 2.24) is 16.0 Å². The predicted molar refractivity (Wildman–Crippen MR) is 112 cm³/mol. The lowest BCUT2D eigenvalue weighted by Gasteiger charge is -2.29. The average molecular weight is 382 g/mol. The molecule has 0 bridgehead atoms. The van der Waals surface area contributed by atoms with Crippen LogP contribution in [0.5, 0.6) is 0 Å². The molecule has 158 valence electrons. The predicted octanol–water partition coefficient (Wildman–Crippen LogP) is 4.36. The van der Waals surface area contributed by atoms with Crippen LogP contribution in [0.1, 0.15) is 91.4 Å². The van der Waals surface area contributed by atoms with E-state index < -0.39 is 5.60 Å². The van der Waals surface area contributed by atoms with Gasteiger partial charge in [0, 0.05) is 18.6 Å². The standard InChI is InChI=1S/C22H43N3O2/c1-22(2,3)27-21(26)25-17-14-18-10-12-20(13-11-18)24-16-7-15-23-19-8-5-4-6-9-19/h18-20,23-24H,4-17H2,1-3H3,(H,25,26). The molecule has 1 amide bonds. The van der Waals surface area contributed by atoms with Gasteiger partial charge in [-0.05, 0) is 91.1 Å². The first kappa shape index (κ1) is 22.5. The SMILES string of the molecule is CC(C)(C)OC(=O)NCCC1CCC(NCCCNC2CCCCC2)CC1. The van der Waals surface area contributed by atoms with E-state index in [0.29, 0.717) is 6.04 Å². The molecule has 0 aromatic heterocycles. The van der Waals surface area contributed by atoms with Crippen molar-refractivity contribution in [2.24, 2.45) is 5.92 Å². The van der Waals surface area contributed by atoms with Crippen LogP contribution in [0.3, 0.4) is 0 Å². The number of nitrogens with one attached hydrogen (secondary N) is 3. The summed E-state index contributed by atoms with van der Waals surface area (Å²) >= 11 is 0. The lowest BCUT2D eigenvalue weighted by molar-refractivity contribution is 0.0523. The Morgan fingerprint density at radius 2 is 1.44 bits per heavy atom. The molecule has 0 atom stereocenters. The summed E-state index contributed by atoms with van der Waals surface area (Å²) in [4.78, 5) is 11.7. The molecular formula is C22H43N3O2. The number of rotatable bonds is 9. The molecule has 0 spiro atoms. The molecule has 0 unspecified atom stereocenters. The van der Waals surface area contributed by atoms with Gasteiger partial charge in [0.1, 0.15) is 5.60 Å². The van der Waals surface area contributed by atoms with Gasteiger partial charge in [-0.3, -0.25) is 0 Å². The third kappa shape index (κ3) is 10.3. The zero-order valence-corrected chi connectivity index (χ0v) is 17.9. The molecule has 0 radical (unpaired) electrons. The van der Waals surface area contributed by atoms with Crippen molar-refractivity contribution in [3.8, 4) is 0 Å². The summed E-state index contributed by atoms with van der Waals surface area (Å²) in [5, 5.41) is 10.4. The van der Waals surface area contributed by atoms with Crippen molar-refractivity contribution in [2.75, 3.05) is 19.6 Å². The van der Waals surface area contributed by atoms with Gasteiger partial charge in [0.05, 0.1) is 0 Å². The monoisotopic (exact) mass is 381 g/mol. The maximum Gasteiger partial charge on any atom is 0.407 e. The highest BCUT2D eigenvalue weighted by Gasteiger charge is 2.21. The summed E-state index contributed by atoms with van der Waals surface area (Å²) in [6.45, 7) is 8.70. The first-order chi connectivity index (χ1) is 12.9. The second-order valence-corrected chi connectivity index (χ2v) is 9.53. The van der Waals surface area contributed by atoms with E-state index in [1.54, 1.807) is 0 Å². The van der Waals surface area contributed by atoms with Gasteiger partial charge in [0.15, 0.2) is 0 Å².